The van der Waals surface area contributed by atoms with E-state index in [1.807, 2.05) is 14.0 Å². The summed E-state index contributed by atoms with van der Waals surface area (Å²) in [7, 11) is 1.84. The Morgan fingerprint density at radius 3 is 2.69 bits per heavy atom. The second kappa shape index (κ2) is 7.53. The minimum absolute atomic E-state index is 0.0252. The van der Waals surface area contributed by atoms with Crippen LogP contribution in [0.4, 0.5) is 20.3 Å². The number of anilines is 2. The molecule has 2 atom stereocenters. The smallest absolute Gasteiger partial charge is 0.150 e. The van der Waals surface area contributed by atoms with Crippen molar-refractivity contribution in [2.24, 2.45) is 12.8 Å². The van der Waals surface area contributed by atoms with Crippen molar-refractivity contribution in [2.45, 2.75) is 37.2 Å². The predicted molar refractivity (Wildman–Crippen MR) is 111 cm³/mol. The zero-order valence-corrected chi connectivity index (χ0v) is 17.3. The van der Waals surface area contributed by atoms with Crippen molar-refractivity contribution in [3.05, 3.63) is 52.8 Å². The number of halogens is 2. The Morgan fingerprint density at radius 2 is 1.97 bits per heavy atom. The molecule has 1 fully saturated rings. The van der Waals surface area contributed by atoms with E-state index in [2.05, 4.69) is 10.00 Å². The lowest BCUT2D eigenvalue weighted by molar-refractivity contribution is 0.0481. The van der Waals surface area contributed by atoms with Crippen molar-refractivity contribution < 1.29 is 13.9 Å². The summed E-state index contributed by atoms with van der Waals surface area (Å²) >= 11 is 1.21. The first-order valence-electron chi connectivity index (χ1n) is 9.62. The Balaban J connectivity index is 1.73. The summed E-state index contributed by atoms with van der Waals surface area (Å²) in [6, 6.07) is 3.87. The molecule has 2 unspecified atom stereocenters. The molecule has 9 heteroatoms. The molecular weight excluding hydrogens is 396 g/mol. The highest BCUT2D eigenvalue weighted by Crippen LogP contribution is 2.48. The van der Waals surface area contributed by atoms with Gasteiger partial charge >= 0.3 is 0 Å². The Morgan fingerprint density at radius 1 is 1.24 bits per heavy atom. The van der Waals surface area contributed by atoms with Gasteiger partial charge < -0.3 is 20.6 Å². The second-order valence-corrected chi connectivity index (χ2v) is 9.01. The summed E-state index contributed by atoms with van der Waals surface area (Å²) in [5, 5.41) is 14.7. The van der Waals surface area contributed by atoms with Crippen molar-refractivity contribution in [3.8, 4) is 0 Å². The van der Waals surface area contributed by atoms with Gasteiger partial charge in [0.25, 0.3) is 0 Å². The number of aryl methyl sites for hydroxylation is 1. The molecule has 0 aliphatic carbocycles. The van der Waals surface area contributed by atoms with E-state index in [-0.39, 0.29) is 5.56 Å². The monoisotopic (exact) mass is 421 g/mol. The number of benzene rings is 1. The summed E-state index contributed by atoms with van der Waals surface area (Å²) in [4.78, 5) is 3.96. The van der Waals surface area contributed by atoms with Crippen LogP contribution in [0.1, 0.15) is 37.1 Å². The van der Waals surface area contributed by atoms with Gasteiger partial charge in [0, 0.05) is 26.3 Å². The van der Waals surface area contributed by atoms with E-state index in [0.29, 0.717) is 18.0 Å². The maximum Gasteiger partial charge on any atom is 0.150 e. The van der Waals surface area contributed by atoms with Crippen LogP contribution in [0, 0.1) is 11.6 Å². The van der Waals surface area contributed by atoms with Crippen LogP contribution in [0.25, 0.3) is 0 Å². The lowest BCUT2D eigenvalue weighted by Gasteiger charge is -2.30. The van der Waals surface area contributed by atoms with Crippen molar-refractivity contribution >= 4 is 23.3 Å². The molecule has 0 amide bonds. The molecule has 0 radical (unpaired) electrons. The van der Waals surface area contributed by atoms with Crippen molar-refractivity contribution in [1.82, 2.24) is 9.78 Å². The number of aromatic nitrogens is 2. The van der Waals surface area contributed by atoms with Crippen molar-refractivity contribution in [1.29, 1.82) is 0 Å². The molecule has 2 aromatic rings. The number of thioether (sulfide) groups is 1. The van der Waals surface area contributed by atoms with Crippen LogP contribution in [-0.4, -0.2) is 33.6 Å². The Kier molecular flexibility index (Phi) is 5.20. The van der Waals surface area contributed by atoms with Crippen molar-refractivity contribution in [3.63, 3.8) is 0 Å². The fourth-order valence-electron chi connectivity index (χ4n) is 4.00. The highest BCUT2D eigenvalue weighted by molar-refractivity contribution is 8.03. The molecule has 0 saturated carbocycles. The van der Waals surface area contributed by atoms with Crippen LogP contribution < -0.4 is 15.5 Å². The molecule has 4 rings (SSSR count). The topological polar surface area (TPSA) is 70.5 Å². The van der Waals surface area contributed by atoms with Gasteiger partial charge in [-0.3, -0.25) is 4.68 Å². The quantitative estimate of drug-likeness (QED) is 0.791. The zero-order valence-electron chi connectivity index (χ0n) is 16.5. The minimum atomic E-state index is -0.694. The fraction of sp³-hybridized carbons (Fsp3) is 0.450. The third-order valence-electron chi connectivity index (χ3n) is 5.54. The fourth-order valence-corrected chi connectivity index (χ4v) is 5.07. The molecule has 1 aromatic heterocycles. The van der Waals surface area contributed by atoms with Gasteiger partial charge in [0.05, 0.1) is 22.4 Å². The lowest BCUT2D eigenvalue weighted by Crippen LogP contribution is -2.31. The largest absolute Gasteiger partial charge is 0.392 e. The molecular formula is C20H25F2N5OS. The van der Waals surface area contributed by atoms with Crippen LogP contribution in [0.15, 0.2) is 35.6 Å². The van der Waals surface area contributed by atoms with E-state index in [1.165, 1.54) is 30.0 Å². The number of aliphatic hydroxyl groups is 1. The minimum Gasteiger partial charge on any atom is -0.392 e. The summed E-state index contributed by atoms with van der Waals surface area (Å²) in [5.74, 6) is -0.366. The van der Waals surface area contributed by atoms with Crippen LogP contribution in [0.5, 0.6) is 0 Å². The number of hydrogen-bond donors (Lipinski definition) is 2. The van der Waals surface area contributed by atoms with Crippen molar-refractivity contribution in [2.75, 3.05) is 22.9 Å². The Labute approximate surface area is 173 Å². The van der Waals surface area contributed by atoms with Gasteiger partial charge in [-0.2, -0.15) is 5.10 Å². The average Bonchev–Trinajstić information content (AvgIpc) is 3.15. The number of nitrogens with zero attached hydrogens (tertiary/aromatic N) is 4. The third-order valence-corrected chi connectivity index (χ3v) is 6.61. The van der Waals surface area contributed by atoms with E-state index in [1.54, 1.807) is 22.0 Å². The highest BCUT2D eigenvalue weighted by Gasteiger charge is 2.35. The van der Waals surface area contributed by atoms with E-state index in [9.17, 15) is 13.9 Å². The molecule has 1 saturated heterocycles. The molecule has 1 aromatic carbocycles. The third kappa shape index (κ3) is 3.81. The first-order chi connectivity index (χ1) is 13.8. The normalized spacial score (nSPS) is 25.3. The first kappa shape index (κ1) is 20.0. The number of rotatable bonds is 3. The van der Waals surface area contributed by atoms with E-state index < -0.39 is 22.6 Å². The summed E-state index contributed by atoms with van der Waals surface area (Å²) in [6.45, 7) is 3.29. The molecule has 3 heterocycles. The summed E-state index contributed by atoms with van der Waals surface area (Å²) < 4.78 is 30.8. The molecule has 0 spiro atoms. The Hall–Kier alpha value is -2.26. The summed E-state index contributed by atoms with van der Waals surface area (Å²) in [5.41, 5.74) is 6.06. The van der Waals surface area contributed by atoms with Crippen LogP contribution >= 0.6 is 11.8 Å². The highest BCUT2D eigenvalue weighted by atomic mass is 32.2. The van der Waals surface area contributed by atoms with E-state index >= 15 is 0 Å². The van der Waals surface area contributed by atoms with Crippen LogP contribution in [-0.2, 0) is 7.05 Å². The van der Waals surface area contributed by atoms with Gasteiger partial charge in [0.1, 0.15) is 22.7 Å². The maximum atomic E-state index is 14.5. The number of nitrogens with two attached hydrogens (primary N) is 1. The zero-order chi connectivity index (χ0) is 20.8. The summed E-state index contributed by atoms with van der Waals surface area (Å²) in [6.07, 6.45) is 5.60. The van der Waals surface area contributed by atoms with Gasteiger partial charge in [-0.05, 0) is 38.3 Å². The molecule has 2 aliphatic rings. The van der Waals surface area contributed by atoms with Gasteiger partial charge in [0.15, 0.2) is 5.82 Å². The molecule has 156 valence electrons. The average molecular weight is 422 g/mol. The SMILES string of the molecule is Cn1ncc(N2C=C(N)SC2c2c(F)cccc2F)c1N1CCCC(C)(O)CC1. The molecule has 2 aliphatic heterocycles. The van der Waals surface area contributed by atoms with Crippen LogP contribution in [0.3, 0.4) is 0 Å². The second-order valence-electron chi connectivity index (χ2n) is 7.86. The standard InChI is InChI=1S/C20H25F2N5OS/c1-20(28)7-4-9-26(10-8-20)18-15(11-24-25(18)2)27-12-16(23)29-19(27)17-13(21)5-3-6-14(17)22/h3,5-6,11-12,19,28H,4,7-10,23H2,1-2H3. The van der Waals surface area contributed by atoms with Gasteiger partial charge in [-0.1, -0.05) is 17.8 Å². The van der Waals surface area contributed by atoms with Crippen LogP contribution in [0.2, 0.25) is 0 Å². The predicted octanol–water partition coefficient (Wildman–Crippen LogP) is 3.45. The maximum absolute atomic E-state index is 14.5. The lowest BCUT2D eigenvalue weighted by atomic mass is 9.98. The molecule has 6 nitrogen and oxygen atoms in total. The van der Waals surface area contributed by atoms with Gasteiger partial charge in [0.2, 0.25) is 0 Å². The van der Waals surface area contributed by atoms with E-state index in [0.717, 1.165) is 30.9 Å². The Bertz CT molecular complexity index is 925. The molecule has 29 heavy (non-hydrogen) atoms. The van der Waals surface area contributed by atoms with Gasteiger partial charge in [-0.15, -0.1) is 0 Å². The van der Waals surface area contributed by atoms with E-state index in [4.69, 9.17) is 5.73 Å². The molecule has 0 bridgehead atoms. The first-order valence-corrected chi connectivity index (χ1v) is 10.5. The number of hydrogen-bond acceptors (Lipinski definition) is 6. The van der Waals surface area contributed by atoms with Gasteiger partial charge in [-0.25, -0.2) is 8.78 Å². The molecule has 3 N–H and O–H groups in total.